The molecule has 0 atom stereocenters. The van der Waals surface area contributed by atoms with Crippen LogP contribution in [0.5, 0.6) is 0 Å². The van der Waals surface area contributed by atoms with Crippen LogP contribution in [0.4, 0.5) is 0 Å². The van der Waals surface area contributed by atoms with E-state index in [1.807, 2.05) is 60.7 Å². The lowest BCUT2D eigenvalue weighted by Gasteiger charge is -2.11. The SMILES string of the molecule is Brc1ccc(-c2nnc(-c3ccc(Br)cc3)n2-c2ccc(Br)cc2)cc1. The van der Waals surface area contributed by atoms with Gasteiger partial charge >= 0.3 is 0 Å². The van der Waals surface area contributed by atoms with Gasteiger partial charge in [0.05, 0.1) is 0 Å². The highest BCUT2D eigenvalue weighted by Gasteiger charge is 2.17. The molecule has 0 radical (unpaired) electrons. The standard InChI is InChI=1S/C20H12Br3N3/c21-15-5-1-13(2-6-15)19-24-25-20(14-3-7-16(22)8-4-14)26(19)18-11-9-17(23)10-12-18/h1-12H. The van der Waals surface area contributed by atoms with Crippen molar-refractivity contribution in [2.24, 2.45) is 0 Å². The Morgan fingerprint density at radius 1 is 0.500 bits per heavy atom. The fourth-order valence-corrected chi connectivity index (χ4v) is 3.48. The van der Waals surface area contributed by atoms with Crippen LogP contribution >= 0.6 is 47.8 Å². The number of aromatic nitrogens is 3. The second-order valence-corrected chi connectivity index (χ2v) is 8.42. The first-order chi connectivity index (χ1) is 12.6. The van der Waals surface area contributed by atoms with Crippen molar-refractivity contribution in [1.29, 1.82) is 0 Å². The maximum atomic E-state index is 4.49. The van der Waals surface area contributed by atoms with Crippen molar-refractivity contribution in [1.82, 2.24) is 14.8 Å². The molecular formula is C20H12Br3N3. The van der Waals surface area contributed by atoms with Gasteiger partial charge in [-0.25, -0.2) is 0 Å². The summed E-state index contributed by atoms with van der Waals surface area (Å²) in [7, 11) is 0. The zero-order valence-electron chi connectivity index (χ0n) is 13.4. The van der Waals surface area contributed by atoms with Crippen LogP contribution in [-0.2, 0) is 0 Å². The number of hydrogen-bond donors (Lipinski definition) is 0. The topological polar surface area (TPSA) is 30.7 Å². The van der Waals surface area contributed by atoms with Crippen molar-refractivity contribution in [2.75, 3.05) is 0 Å². The number of nitrogens with zero attached hydrogens (tertiary/aromatic N) is 3. The molecule has 4 rings (SSSR count). The van der Waals surface area contributed by atoms with E-state index in [2.05, 4.69) is 74.7 Å². The second kappa shape index (κ2) is 7.47. The molecule has 4 aromatic rings. The summed E-state index contributed by atoms with van der Waals surface area (Å²) in [5.41, 5.74) is 3.02. The quantitative estimate of drug-likeness (QED) is 0.287. The molecule has 0 N–H and O–H groups in total. The number of hydrogen-bond acceptors (Lipinski definition) is 2. The summed E-state index contributed by atoms with van der Waals surface area (Å²) in [6.07, 6.45) is 0. The van der Waals surface area contributed by atoms with E-state index in [4.69, 9.17) is 0 Å². The Hall–Kier alpha value is -1.76. The summed E-state index contributed by atoms with van der Waals surface area (Å²) in [5.74, 6) is 1.61. The van der Waals surface area contributed by atoms with E-state index in [1.165, 1.54) is 0 Å². The van der Waals surface area contributed by atoms with Crippen molar-refractivity contribution >= 4 is 47.8 Å². The third-order valence-electron chi connectivity index (χ3n) is 3.95. The second-order valence-electron chi connectivity index (χ2n) is 5.67. The maximum Gasteiger partial charge on any atom is 0.168 e. The molecule has 0 saturated carbocycles. The molecule has 0 spiro atoms. The molecule has 0 bridgehead atoms. The van der Waals surface area contributed by atoms with E-state index in [0.29, 0.717) is 0 Å². The van der Waals surface area contributed by atoms with Crippen molar-refractivity contribution in [3.63, 3.8) is 0 Å². The van der Waals surface area contributed by atoms with Crippen LogP contribution in [0.3, 0.4) is 0 Å². The van der Waals surface area contributed by atoms with Crippen LogP contribution in [0.2, 0.25) is 0 Å². The number of halogens is 3. The van der Waals surface area contributed by atoms with Crippen molar-refractivity contribution in [3.05, 3.63) is 86.2 Å². The molecule has 1 aromatic heterocycles. The van der Waals surface area contributed by atoms with E-state index in [0.717, 1.165) is 41.9 Å². The first-order valence-corrected chi connectivity index (χ1v) is 10.2. The monoisotopic (exact) mass is 531 g/mol. The van der Waals surface area contributed by atoms with E-state index >= 15 is 0 Å². The third-order valence-corrected chi connectivity index (χ3v) is 5.54. The Bertz CT molecular complexity index is 974. The minimum absolute atomic E-state index is 0.803. The smallest absolute Gasteiger partial charge is 0.168 e. The molecule has 26 heavy (non-hydrogen) atoms. The van der Waals surface area contributed by atoms with E-state index in [1.54, 1.807) is 0 Å². The van der Waals surface area contributed by atoms with Gasteiger partial charge in [0.2, 0.25) is 0 Å². The van der Waals surface area contributed by atoms with Gasteiger partial charge in [-0.15, -0.1) is 10.2 Å². The van der Waals surface area contributed by atoms with Crippen molar-refractivity contribution in [3.8, 4) is 28.5 Å². The fraction of sp³-hybridized carbons (Fsp3) is 0. The zero-order chi connectivity index (χ0) is 18.1. The van der Waals surface area contributed by atoms with Gasteiger partial charge in [-0.05, 0) is 48.5 Å². The van der Waals surface area contributed by atoms with Gasteiger partial charge in [0.15, 0.2) is 11.6 Å². The molecule has 0 saturated heterocycles. The lowest BCUT2D eigenvalue weighted by Crippen LogP contribution is -2.00. The summed E-state index contributed by atoms with van der Waals surface area (Å²) in [6.45, 7) is 0. The fourth-order valence-electron chi connectivity index (χ4n) is 2.69. The van der Waals surface area contributed by atoms with E-state index in [9.17, 15) is 0 Å². The highest BCUT2D eigenvalue weighted by molar-refractivity contribution is 9.11. The van der Waals surface area contributed by atoms with Gasteiger partial charge in [-0.2, -0.15) is 0 Å². The third kappa shape index (κ3) is 3.54. The predicted octanol–water partition coefficient (Wildman–Crippen LogP) is 6.89. The molecular weight excluding hydrogens is 522 g/mol. The number of rotatable bonds is 3. The van der Waals surface area contributed by atoms with Gasteiger partial charge < -0.3 is 0 Å². The van der Waals surface area contributed by atoms with Crippen LogP contribution in [0, 0.1) is 0 Å². The van der Waals surface area contributed by atoms with Crippen LogP contribution in [0.1, 0.15) is 0 Å². The Labute approximate surface area is 176 Å². The molecule has 0 aliphatic heterocycles. The van der Waals surface area contributed by atoms with Gasteiger partial charge in [0.1, 0.15) is 0 Å². The van der Waals surface area contributed by atoms with E-state index in [-0.39, 0.29) is 0 Å². The first-order valence-electron chi connectivity index (χ1n) is 7.85. The summed E-state index contributed by atoms with van der Waals surface area (Å²) in [5, 5.41) is 8.98. The Balaban J connectivity index is 1.93. The molecule has 0 aliphatic rings. The minimum atomic E-state index is 0.803. The van der Waals surface area contributed by atoms with Gasteiger partial charge in [0.25, 0.3) is 0 Å². The first kappa shape index (κ1) is 17.6. The average Bonchev–Trinajstić information content (AvgIpc) is 3.08. The molecule has 1 heterocycles. The molecule has 6 heteroatoms. The molecule has 0 unspecified atom stereocenters. The number of benzene rings is 3. The molecule has 3 aromatic carbocycles. The minimum Gasteiger partial charge on any atom is -0.275 e. The van der Waals surface area contributed by atoms with Crippen molar-refractivity contribution in [2.45, 2.75) is 0 Å². The van der Waals surface area contributed by atoms with Crippen LogP contribution in [0.25, 0.3) is 28.5 Å². The van der Waals surface area contributed by atoms with Crippen LogP contribution in [-0.4, -0.2) is 14.8 Å². The van der Waals surface area contributed by atoms with Gasteiger partial charge in [0, 0.05) is 30.2 Å². The predicted molar refractivity (Wildman–Crippen MR) is 115 cm³/mol. The van der Waals surface area contributed by atoms with E-state index < -0.39 is 0 Å². The normalized spacial score (nSPS) is 10.9. The summed E-state index contributed by atoms with van der Waals surface area (Å²) in [6, 6.07) is 24.3. The van der Waals surface area contributed by atoms with Crippen LogP contribution < -0.4 is 0 Å². The van der Waals surface area contributed by atoms with Crippen molar-refractivity contribution < 1.29 is 0 Å². The largest absolute Gasteiger partial charge is 0.275 e. The molecule has 0 fully saturated rings. The summed E-state index contributed by atoms with van der Waals surface area (Å²) in [4.78, 5) is 0. The van der Waals surface area contributed by atoms with Gasteiger partial charge in [-0.1, -0.05) is 72.1 Å². The highest BCUT2D eigenvalue weighted by atomic mass is 79.9. The molecule has 3 nitrogen and oxygen atoms in total. The Morgan fingerprint density at radius 3 is 1.23 bits per heavy atom. The molecule has 128 valence electrons. The average molecular weight is 534 g/mol. The highest BCUT2D eigenvalue weighted by Crippen LogP contribution is 2.30. The zero-order valence-corrected chi connectivity index (χ0v) is 18.2. The lowest BCUT2D eigenvalue weighted by atomic mass is 10.1. The Kier molecular flexibility index (Phi) is 5.07. The van der Waals surface area contributed by atoms with Crippen LogP contribution in [0.15, 0.2) is 86.2 Å². The summed E-state index contributed by atoms with van der Waals surface area (Å²) < 4.78 is 5.18. The Morgan fingerprint density at radius 2 is 0.846 bits per heavy atom. The summed E-state index contributed by atoms with van der Waals surface area (Å²) >= 11 is 10.5. The molecule has 0 amide bonds. The maximum absolute atomic E-state index is 4.49. The van der Waals surface area contributed by atoms with Gasteiger partial charge in [-0.3, -0.25) is 4.57 Å². The molecule has 0 aliphatic carbocycles. The lowest BCUT2D eigenvalue weighted by molar-refractivity contribution is 1.07.